The Kier molecular flexibility index (Phi) is 2.40. The van der Waals surface area contributed by atoms with Crippen LogP contribution in [0.3, 0.4) is 0 Å². The molecule has 0 bridgehead atoms. The zero-order chi connectivity index (χ0) is 11.3. The summed E-state index contributed by atoms with van der Waals surface area (Å²) in [5.74, 6) is 0. The Morgan fingerprint density at radius 2 is 2.00 bits per heavy atom. The van der Waals surface area contributed by atoms with Crippen LogP contribution in [0.1, 0.15) is 34.8 Å². The minimum atomic E-state index is 0.337. The normalized spacial score (nSPS) is 25.6. The molecule has 77 valence electrons. The van der Waals surface area contributed by atoms with Crippen molar-refractivity contribution in [1.29, 1.82) is 0 Å². The van der Waals surface area contributed by atoms with Gasteiger partial charge < -0.3 is 0 Å². The number of hydrogen-bond donors (Lipinski definition) is 0. The summed E-state index contributed by atoms with van der Waals surface area (Å²) >= 11 is 0.784. The van der Waals surface area contributed by atoms with E-state index in [9.17, 15) is 0 Å². The molecule has 0 radical (unpaired) electrons. The van der Waals surface area contributed by atoms with Gasteiger partial charge in [-0.1, -0.05) is 0 Å². The van der Waals surface area contributed by atoms with Gasteiger partial charge in [-0.05, 0) is 0 Å². The summed E-state index contributed by atoms with van der Waals surface area (Å²) in [6, 6.07) is 9.01. The molecule has 0 aliphatic heterocycles. The predicted molar refractivity (Wildman–Crippen MR) is 63.6 cm³/mol. The summed E-state index contributed by atoms with van der Waals surface area (Å²) in [5.41, 5.74) is 6.73. The molecule has 0 N–H and O–H groups in total. The molecule has 2 aliphatic rings. The first-order chi connectivity index (χ1) is 7.58. The summed E-state index contributed by atoms with van der Waals surface area (Å²) in [6.07, 6.45) is 6.01. The van der Waals surface area contributed by atoms with Crippen LogP contribution in [0, 0.1) is 5.41 Å². The van der Waals surface area contributed by atoms with Gasteiger partial charge in [-0.25, -0.2) is 0 Å². The van der Waals surface area contributed by atoms with Gasteiger partial charge in [-0.15, -0.1) is 0 Å². The second-order valence-electron chi connectivity index (χ2n) is 5.57. The number of rotatable bonds is 0. The Labute approximate surface area is 113 Å². The van der Waals surface area contributed by atoms with Crippen LogP contribution in [0.2, 0.25) is 0 Å². The van der Waals surface area contributed by atoms with Crippen molar-refractivity contribution in [3.05, 3.63) is 53.1 Å². The number of benzene rings is 1. The molecule has 0 fully saturated rings. The second kappa shape index (κ2) is 3.56. The van der Waals surface area contributed by atoms with Crippen LogP contribution in [0.5, 0.6) is 0 Å². The molecule has 2 aliphatic carbocycles. The molecule has 1 aromatic carbocycles. The van der Waals surface area contributed by atoms with Crippen molar-refractivity contribution < 1.29 is 26.1 Å². The second-order valence-corrected chi connectivity index (χ2v) is 8.75. The first-order valence-corrected chi connectivity index (χ1v) is 9.10. The summed E-state index contributed by atoms with van der Waals surface area (Å²) in [6.45, 7) is 4.67. The van der Waals surface area contributed by atoms with Crippen LogP contribution in [-0.4, -0.2) is 0 Å². The van der Waals surface area contributed by atoms with Gasteiger partial charge in [0.2, 0.25) is 0 Å². The molecule has 0 heterocycles. The summed E-state index contributed by atoms with van der Waals surface area (Å²) in [7, 11) is 0. The van der Waals surface area contributed by atoms with Gasteiger partial charge in [0.15, 0.2) is 0 Å². The summed E-state index contributed by atoms with van der Waals surface area (Å²) < 4.78 is 0.776. The van der Waals surface area contributed by atoms with E-state index in [0.717, 1.165) is 29.5 Å². The Bertz CT molecular complexity index is 506. The van der Waals surface area contributed by atoms with E-state index >= 15 is 0 Å². The van der Waals surface area contributed by atoms with Crippen molar-refractivity contribution in [3.63, 3.8) is 0 Å². The van der Waals surface area contributed by atoms with Gasteiger partial charge in [-0.3, -0.25) is 0 Å². The maximum absolute atomic E-state index is 2.40. The third kappa shape index (κ3) is 1.54. The predicted octanol–water partition coefficient (Wildman–Crippen LogP) is 4.03. The molecule has 0 spiro atoms. The fourth-order valence-corrected chi connectivity index (χ4v) is 5.72. The van der Waals surface area contributed by atoms with Gasteiger partial charge in [0.25, 0.3) is 0 Å². The molecule has 1 unspecified atom stereocenters. The first-order valence-electron chi connectivity index (χ1n) is 5.93. The monoisotopic (exact) mass is 397 g/mol. The van der Waals surface area contributed by atoms with Gasteiger partial charge in [0, 0.05) is 0 Å². The van der Waals surface area contributed by atoms with Crippen LogP contribution in [0.4, 0.5) is 0 Å². The van der Waals surface area contributed by atoms with Gasteiger partial charge in [0.05, 0.1) is 0 Å². The fraction of sp³-hybridized carbons (Fsp3) is 0.333. The van der Waals surface area contributed by atoms with Crippen molar-refractivity contribution in [2.75, 3.05) is 0 Å². The SMILES string of the molecule is CC1(C)C=CC2=C(C1)c1ccccc1[CH]2[Hg]. The van der Waals surface area contributed by atoms with Crippen LogP contribution in [-0.2, 0) is 26.1 Å². The fourth-order valence-electron chi connectivity index (χ4n) is 2.85. The maximum atomic E-state index is 2.40. The third-order valence-electron chi connectivity index (χ3n) is 3.73. The Hall–Kier alpha value is -0.365. The number of allylic oxidation sites excluding steroid dienone is 4. The van der Waals surface area contributed by atoms with Crippen LogP contribution in [0.25, 0.3) is 5.57 Å². The standard InChI is InChI=1S/C15H15.Hg/c1-15(2)8-7-12-9-11-5-3-4-6-13(11)14(12)10-15;/h3-9H,10H2,1-2H3;. The zero-order valence-electron chi connectivity index (χ0n) is 9.96. The van der Waals surface area contributed by atoms with Gasteiger partial charge >= 0.3 is 114 Å². The molecule has 1 heteroatoms. The molecule has 1 atom stereocenters. The molecule has 0 saturated carbocycles. The number of fused-ring (bicyclic) bond motifs is 2. The van der Waals surface area contributed by atoms with Crippen molar-refractivity contribution >= 4 is 5.57 Å². The average molecular weight is 396 g/mol. The van der Waals surface area contributed by atoms with E-state index in [1.807, 2.05) is 0 Å². The topological polar surface area (TPSA) is 0 Å². The van der Waals surface area contributed by atoms with Crippen LogP contribution < -0.4 is 0 Å². The van der Waals surface area contributed by atoms with E-state index in [0.29, 0.717) is 5.41 Å². The van der Waals surface area contributed by atoms with Gasteiger partial charge in [0.1, 0.15) is 0 Å². The molecule has 0 nitrogen and oxygen atoms in total. The Balaban J connectivity index is 2.16. The molecular weight excluding hydrogens is 381 g/mol. The van der Waals surface area contributed by atoms with E-state index < -0.39 is 0 Å². The van der Waals surface area contributed by atoms with Crippen molar-refractivity contribution in [3.8, 4) is 0 Å². The zero-order valence-corrected chi connectivity index (χ0v) is 15.5. The molecule has 1 aromatic rings. The first kappa shape index (κ1) is 10.8. The molecular formula is C15H15Hg. The Morgan fingerprint density at radius 1 is 1.25 bits per heavy atom. The van der Waals surface area contributed by atoms with Crippen molar-refractivity contribution in [1.82, 2.24) is 0 Å². The molecule has 0 aromatic heterocycles. The molecule has 0 saturated heterocycles. The van der Waals surface area contributed by atoms with E-state index in [1.165, 1.54) is 12.0 Å². The van der Waals surface area contributed by atoms with Crippen LogP contribution >= 0.6 is 0 Å². The molecule has 16 heavy (non-hydrogen) atoms. The van der Waals surface area contributed by atoms with Crippen LogP contribution in [0.15, 0.2) is 42.0 Å². The Morgan fingerprint density at radius 3 is 2.81 bits per heavy atom. The molecule has 3 rings (SSSR count). The quantitative estimate of drug-likeness (QED) is 0.582. The van der Waals surface area contributed by atoms with E-state index in [2.05, 4.69) is 50.3 Å². The van der Waals surface area contributed by atoms with Crippen molar-refractivity contribution in [2.24, 2.45) is 5.41 Å². The van der Waals surface area contributed by atoms with Gasteiger partial charge in [-0.2, -0.15) is 0 Å². The summed E-state index contributed by atoms with van der Waals surface area (Å²) in [5, 5.41) is 0. The molecule has 0 amide bonds. The van der Waals surface area contributed by atoms with E-state index in [4.69, 9.17) is 0 Å². The average Bonchev–Trinajstić information content (AvgIpc) is 2.52. The van der Waals surface area contributed by atoms with E-state index in [-0.39, 0.29) is 0 Å². The minimum absolute atomic E-state index is 0.337. The number of hydrogen-bond acceptors (Lipinski definition) is 0. The van der Waals surface area contributed by atoms with E-state index in [1.54, 1.807) is 16.7 Å². The van der Waals surface area contributed by atoms with Crippen molar-refractivity contribution in [2.45, 2.75) is 23.7 Å². The summed E-state index contributed by atoms with van der Waals surface area (Å²) in [4.78, 5) is 0. The third-order valence-corrected chi connectivity index (χ3v) is 7.15.